The number of hydrogen-bond acceptors (Lipinski definition) is 2. The fourth-order valence-corrected chi connectivity index (χ4v) is 3.04. The predicted molar refractivity (Wildman–Crippen MR) is 91.1 cm³/mol. The molecule has 0 radical (unpaired) electrons. The monoisotopic (exact) mass is 289 g/mol. The van der Waals surface area contributed by atoms with Crippen LogP contribution in [0.25, 0.3) is 0 Å². The van der Waals surface area contributed by atoms with Crippen molar-refractivity contribution < 1.29 is 4.74 Å². The van der Waals surface area contributed by atoms with E-state index in [0.717, 1.165) is 31.2 Å². The molecule has 1 fully saturated rings. The Morgan fingerprint density at radius 2 is 1.76 bits per heavy atom. The summed E-state index contributed by atoms with van der Waals surface area (Å²) in [6.07, 6.45) is 12.1. The van der Waals surface area contributed by atoms with E-state index in [2.05, 4.69) is 36.5 Å². The van der Waals surface area contributed by atoms with E-state index in [1.807, 2.05) is 0 Å². The van der Waals surface area contributed by atoms with E-state index in [4.69, 9.17) is 4.74 Å². The summed E-state index contributed by atoms with van der Waals surface area (Å²) in [4.78, 5) is 0. The summed E-state index contributed by atoms with van der Waals surface area (Å²) in [6, 6.07) is 8.46. The fraction of sp³-hybridized carbons (Fsp3) is 0.684. The number of anilines is 1. The SMILES string of the molecule is CCCCCCOc1ccc(NCC2CCCCC2)cc1. The van der Waals surface area contributed by atoms with E-state index in [-0.39, 0.29) is 0 Å². The van der Waals surface area contributed by atoms with Crippen molar-refractivity contribution >= 4 is 5.69 Å². The maximum atomic E-state index is 5.77. The van der Waals surface area contributed by atoms with Crippen LogP contribution in [0.1, 0.15) is 64.7 Å². The van der Waals surface area contributed by atoms with Gasteiger partial charge < -0.3 is 10.1 Å². The Labute approximate surface area is 130 Å². The highest BCUT2D eigenvalue weighted by Crippen LogP contribution is 2.24. The Balaban J connectivity index is 1.64. The zero-order valence-electron chi connectivity index (χ0n) is 13.6. The van der Waals surface area contributed by atoms with Crippen molar-refractivity contribution in [1.82, 2.24) is 0 Å². The molecule has 0 spiro atoms. The molecule has 1 aromatic rings. The van der Waals surface area contributed by atoms with Crippen LogP contribution in [-0.4, -0.2) is 13.2 Å². The standard InChI is InChI=1S/C19H31NO/c1-2-3-4-8-15-21-19-13-11-18(12-14-19)20-16-17-9-6-5-7-10-17/h11-14,17,20H,2-10,15-16H2,1H3. The van der Waals surface area contributed by atoms with Gasteiger partial charge in [-0.05, 0) is 49.4 Å². The number of hydrogen-bond donors (Lipinski definition) is 1. The van der Waals surface area contributed by atoms with Gasteiger partial charge in [0.25, 0.3) is 0 Å². The van der Waals surface area contributed by atoms with Crippen molar-refractivity contribution in [3.63, 3.8) is 0 Å². The molecule has 0 amide bonds. The van der Waals surface area contributed by atoms with Gasteiger partial charge in [0.1, 0.15) is 5.75 Å². The molecule has 2 nitrogen and oxygen atoms in total. The van der Waals surface area contributed by atoms with Gasteiger partial charge in [0, 0.05) is 12.2 Å². The Kier molecular flexibility index (Phi) is 7.48. The first kappa shape index (κ1) is 16.2. The van der Waals surface area contributed by atoms with E-state index in [9.17, 15) is 0 Å². The molecular formula is C19H31NO. The van der Waals surface area contributed by atoms with Gasteiger partial charge in [0.15, 0.2) is 0 Å². The van der Waals surface area contributed by atoms with E-state index in [0.29, 0.717) is 0 Å². The number of unbranched alkanes of at least 4 members (excludes halogenated alkanes) is 3. The van der Waals surface area contributed by atoms with Crippen LogP contribution in [-0.2, 0) is 0 Å². The first-order chi connectivity index (χ1) is 10.4. The van der Waals surface area contributed by atoms with E-state index in [1.54, 1.807) is 0 Å². The topological polar surface area (TPSA) is 21.3 Å². The molecule has 1 N–H and O–H groups in total. The number of rotatable bonds is 9. The Bertz CT molecular complexity index is 368. The van der Waals surface area contributed by atoms with E-state index < -0.39 is 0 Å². The molecule has 2 rings (SSSR count). The van der Waals surface area contributed by atoms with Crippen LogP contribution < -0.4 is 10.1 Å². The summed E-state index contributed by atoms with van der Waals surface area (Å²) >= 11 is 0. The van der Waals surface area contributed by atoms with E-state index >= 15 is 0 Å². The quantitative estimate of drug-likeness (QED) is 0.594. The maximum Gasteiger partial charge on any atom is 0.119 e. The molecular weight excluding hydrogens is 258 g/mol. The second kappa shape index (κ2) is 9.70. The average molecular weight is 289 g/mol. The molecule has 118 valence electrons. The molecule has 0 atom stereocenters. The van der Waals surface area contributed by atoms with Crippen molar-refractivity contribution in [1.29, 1.82) is 0 Å². The van der Waals surface area contributed by atoms with Gasteiger partial charge >= 0.3 is 0 Å². The third-order valence-electron chi connectivity index (χ3n) is 4.44. The summed E-state index contributed by atoms with van der Waals surface area (Å²) in [5, 5.41) is 3.57. The summed E-state index contributed by atoms with van der Waals surface area (Å²) in [5.74, 6) is 1.86. The highest BCUT2D eigenvalue weighted by Gasteiger charge is 2.12. The molecule has 0 bridgehead atoms. The maximum absolute atomic E-state index is 5.77. The fourth-order valence-electron chi connectivity index (χ4n) is 3.04. The van der Waals surface area contributed by atoms with Gasteiger partial charge in [-0.1, -0.05) is 45.4 Å². The first-order valence-electron chi connectivity index (χ1n) is 8.85. The largest absolute Gasteiger partial charge is 0.494 e. The second-order valence-corrected chi connectivity index (χ2v) is 6.32. The number of nitrogens with one attached hydrogen (secondary N) is 1. The van der Waals surface area contributed by atoms with Crippen LogP contribution >= 0.6 is 0 Å². The van der Waals surface area contributed by atoms with Gasteiger partial charge in [0.2, 0.25) is 0 Å². The molecule has 0 aliphatic heterocycles. The molecule has 2 heteroatoms. The van der Waals surface area contributed by atoms with Crippen molar-refractivity contribution in [3.05, 3.63) is 24.3 Å². The van der Waals surface area contributed by atoms with Crippen LogP contribution in [0.4, 0.5) is 5.69 Å². The number of benzene rings is 1. The van der Waals surface area contributed by atoms with Crippen LogP contribution in [0.15, 0.2) is 24.3 Å². The minimum atomic E-state index is 0.842. The molecule has 0 saturated heterocycles. The van der Waals surface area contributed by atoms with Gasteiger partial charge in [-0.2, -0.15) is 0 Å². The molecule has 0 heterocycles. The Morgan fingerprint density at radius 3 is 2.48 bits per heavy atom. The minimum Gasteiger partial charge on any atom is -0.494 e. The highest BCUT2D eigenvalue weighted by atomic mass is 16.5. The van der Waals surface area contributed by atoms with Crippen molar-refractivity contribution in [2.45, 2.75) is 64.7 Å². The zero-order valence-corrected chi connectivity index (χ0v) is 13.6. The minimum absolute atomic E-state index is 0.842. The summed E-state index contributed by atoms with van der Waals surface area (Å²) in [6.45, 7) is 4.20. The predicted octanol–water partition coefficient (Wildman–Crippen LogP) is 5.64. The highest BCUT2D eigenvalue weighted by molar-refractivity contribution is 5.46. The van der Waals surface area contributed by atoms with Crippen molar-refractivity contribution in [3.8, 4) is 5.75 Å². The van der Waals surface area contributed by atoms with Gasteiger partial charge in [-0.3, -0.25) is 0 Å². The normalized spacial score (nSPS) is 15.9. The average Bonchev–Trinajstić information content (AvgIpc) is 2.55. The lowest BCUT2D eigenvalue weighted by atomic mass is 9.89. The second-order valence-electron chi connectivity index (χ2n) is 6.32. The van der Waals surface area contributed by atoms with E-state index in [1.165, 1.54) is 57.1 Å². The van der Waals surface area contributed by atoms with Gasteiger partial charge in [0.05, 0.1) is 6.61 Å². The Hall–Kier alpha value is -1.18. The summed E-state index contributed by atoms with van der Waals surface area (Å²) in [7, 11) is 0. The molecule has 21 heavy (non-hydrogen) atoms. The van der Waals surface area contributed by atoms with Crippen LogP contribution in [0.2, 0.25) is 0 Å². The third kappa shape index (κ3) is 6.41. The number of ether oxygens (including phenoxy) is 1. The van der Waals surface area contributed by atoms with Crippen molar-refractivity contribution in [2.24, 2.45) is 5.92 Å². The molecule has 0 unspecified atom stereocenters. The zero-order chi connectivity index (χ0) is 14.8. The van der Waals surface area contributed by atoms with Crippen LogP contribution in [0.5, 0.6) is 5.75 Å². The molecule has 1 aliphatic carbocycles. The van der Waals surface area contributed by atoms with Gasteiger partial charge in [-0.15, -0.1) is 0 Å². The lowest BCUT2D eigenvalue weighted by Gasteiger charge is -2.22. The first-order valence-corrected chi connectivity index (χ1v) is 8.85. The molecule has 1 aromatic carbocycles. The summed E-state index contributed by atoms with van der Waals surface area (Å²) < 4.78 is 5.77. The van der Waals surface area contributed by atoms with Crippen LogP contribution in [0, 0.1) is 5.92 Å². The smallest absolute Gasteiger partial charge is 0.119 e. The van der Waals surface area contributed by atoms with Gasteiger partial charge in [-0.25, -0.2) is 0 Å². The molecule has 1 saturated carbocycles. The molecule has 1 aliphatic rings. The van der Waals surface area contributed by atoms with Crippen LogP contribution in [0.3, 0.4) is 0 Å². The third-order valence-corrected chi connectivity index (χ3v) is 4.44. The van der Waals surface area contributed by atoms with Crippen molar-refractivity contribution in [2.75, 3.05) is 18.5 Å². The summed E-state index contributed by atoms with van der Waals surface area (Å²) in [5.41, 5.74) is 1.22. The Morgan fingerprint density at radius 1 is 1.00 bits per heavy atom. The molecule has 0 aromatic heterocycles. The lowest BCUT2D eigenvalue weighted by molar-refractivity contribution is 0.305. The lowest BCUT2D eigenvalue weighted by Crippen LogP contribution is -2.16.